The third kappa shape index (κ3) is 3.19. The lowest BCUT2D eigenvalue weighted by Crippen LogP contribution is -2.28. The van der Waals surface area contributed by atoms with Gasteiger partial charge in [-0.1, -0.05) is 12.1 Å². The van der Waals surface area contributed by atoms with Crippen molar-refractivity contribution in [3.05, 3.63) is 47.1 Å². The van der Waals surface area contributed by atoms with Gasteiger partial charge >= 0.3 is 0 Å². The number of rotatable bonds is 3. The van der Waals surface area contributed by atoms with Crippen molar-refractivity contribution >= 4 is 39.2 Å². The first kappa shape index (κ1) is 15.5. The van der Waals surface area contributed by atoms with Crippen LogP contribution in [0.5, 0.6) is 5.75 Å². The number of pyridine rings is 1. The van der Waals surface area contributed by atoms with E-state index in [4.69, 9.17) is 0 Å². The maximum Gasteiger partial charge on any atom is 0.231 e. The number of benzene rings is 1. The van der Waals surface area contributed by atoms with E-state index in [0.29, 0.717) is 6.54 Å². The summed E-state index contributed by atoms with van der Waals surface area (Å²) in [6.45, 7) is 0.293. The molecule has 1 aliphatic heterocycles. The van der Waals surface area contributed by atoms with Crippen LogP contribution in [0.4, 0.5) is 11.5 Å². The molecule has 2 amide bonds. The molecular weight excluding hydrogens is 362 g/mol. The first-order valence-electron chi connectivity index (χ1n) is 7.06. The summed E-state index contributed by atoms with van der Waals surface area (Å²) in [7, 11) is 0. The van der Waals surface area contributed by atoms with E-state index in [-0.39, 0.29) is 29.8 Å². The SMILES string of the molecule is O=C(Nc1ncccc1O)[C@H]1CC(=O)N(c2ccccc2Br)C1. The Morgan fingerprint density at radius 1 is 1.30 bits per heavy atom. The van der Waals surface area contributed by atoms with Gasteiger partial charge in [0.25, 0.3) is 0 Å². The zero-order valence-corrected chi connectivity index (χ0v) is 13.7. The van der Waals surface area contributed by atoms with Crippen LogP contribution in [0.2, 0.25) is 0 Å². The summed E-state index contributed by atoms with van der Waals surface area (Å²) in [4.78, 5) is 30.0. The number of aromatic hydroxyl groups is 1. The highest BCUT2D eigenvalue weighted by Gasteiger charge is 2.36. The Bertz CT molecular complexity index is 766. The number of hydrogen-bond acceptors (Lipinski definition) is 4. The predicted octanol–water partition coefficient (Wildman–Crippen LogP) is 2.54. The molecule has 2 N–H and O–H groups in total. The van der Waals surface area contributed by atoms with Crippen molar-refractivity contribution in [2.75, 3.05) is 16.8 Å². The van der Waals surface area contributed by atoms with Gasteiger partial charge in [0.2, 0.25) is 11.8 Å². The van der Waals surface area contributed by atoms with Crippen LogP contribution in [0.3, 0.4) is 0 Å². The molecule has 1 aromatic heterocycles. The Hall–Kier alpha value is -2.41. The Morgan fingerprint density at radius 2 is 2.09 bits per heavy atom. The second-order valence-corrected chi connectivity index (χ2v) is 6.07. The van der Waals surface area contributed by atoms with E-state index in [1.807, 2.05) is 24.3 Å². The Labute approximate surface area is 141 Å². The van der Waals surface area contributed by atoms with Gasteiger partial charge in [-0.3, -0.25) is 9.59 Å². The number of aromatic nitrogens is 1. The lowest BCUT2D eigenvalue weighted by Gasteiger charge is -2.18. The molecule has 0 spiro atoms. The van der Waals surface area contributed by atoms with E-state index in [0.717, 1.165) is 10.2 Å². The Balaban J connectivity index is 1.74. The van der Waals surface area contributed by atoms with E-state index in [1.54, 1.807) is 11.0 Å². The van der Waals surface area contributed by atoms with Gasteiger partial charge in [0.1, 0.15) is 0 Å². The van der Waals surface area contributed by atoms with Gasteiger partial charge in [-0.25, -0.2) is 4.98 Å². The fraction of sp³-hybridized carbons (Fsp3) is 0.188. The summed E-state index contributed by atoms with van der Waals surface area (Å²) in [5.74, 6) is -0.933. The molecule has 1 saturated heterocycles. The van der Waals surface area contributed by atoms with Crippen LogP contribution in [0, 0.1) is 5.92 Å². The van der Waals surface area contributed by atoms with Gasteiger partial charge in [0.05, 0.1) is 11.6 Å². The number of hydrogen-bond donors (Lipinski definition) is 2. The number of nitrogens with one attached hydrogen (secondary N) is 1. The average molecular weight is 376 g/mol. The maximum absolute atomic E-state index is 12.3. The summed E-state index contributed by atoms with van der Waals surface area (Å²) in [5, 5.41) is 12.2. The molecule has 0 unspecified atom stereocenters. The first-order chi connectivity index (χ1) is 11.1. The quantitative estimate of drug-likeness (QED) is 0.863. The molecule has 6 nitrogen and oxygen atoms in total. The van der Waals surface area contributed by atoms with Gasteiger partial charge < -0.3 is 15.3 Å². The average Bonchev–Trinajstić information content (AvgIpc) is 2.92. The van der Waals surface area contributed by atoms with Crippen LogP contribution in [0.25, 0.3) is 0 Å². The highest BCUT2D eigenvalue weighted by atomic mass is 79.9. The largest absolute Gasteiger partial charge is 0.504 e. The lowest BCUT2D eigenvalue weighted by molar-refractivity contribution is -0.122. The molecule has 1 fully saturated rings. The molecule has 0 aliphatic carbocycles. The van der Waals surface area contributed by atoms with Crippen molar-refractivity contribution in [2.45, 2.75) is 6.42 Å². The summed E-state index contributed by atoms with van der Waals surface area (Å²) in [6, 6.07) is 10.4. The third-order valence-corrected chi connectivity index (χ3v) is 4.34. The highest BCUT2D eigenvalue weighted by molar-refractivity contribution is 9.10. The topological polar surface area (TPSA) is 82.5 Å². The van der Waals surface area contributed by atoms with E-state index >= 15 is 0 Å². The van der Waals surface area contributed by atoms with Gasteiger partial charge in [0, 0.05) is 23.6 Å². The fourth-order valence-corrected chi connectivity index (χ4v) is 3.00. The molecule has 1 atom stereocenters. The number of halogens is 1. The number of amides is 2. The van der Waals surface area contributed by atoms with Crippen molar-refractivity contribution in [2.24, 2.45) is 5.92 Å². The van der Waals surface area contributed by atoms with Gasteiger partial charge in [0.15, 0.2) is 11.6 Å². The van der Waals surface area contributed by atoms with Crippen LogP contribution in [-0.2, 0) is 9.59 Å². The Morgan fingerprint density at radius 3 is 2.83 bits per heavy atom. The second kappa shape index (κ2) is 6.37. The van der Waals surface area contributed by atoms with Crippen LogP contribution in [0.15, 0.2) is 47.1 Å². The summed E-state index contributed by atoms with van der Waals surface area (Å²) in [5.41, 5.74) is 0.744. The van der Waals surface area contributed by atoms with Crippen molar-refractivity contribution in [3.8, 4) is 5.75 Å². The van der Waals surface area contributed by atoms with Crippen LogP contribution >= 0.6 is 15.9 Å². The number of para-hydroxylation sites is 1. The molecule has 3 rings (SSSR count). The molecule has 2 heterocycles. The van der Waals surface area contributed by atoms with E-state index in [9.17, 15) is 14.7 Å². The van der Waals surface area contributed by atoms with Crippen LogP contribution < -0.4 is 10.2 Å². The van der Waals surface area contributed by atoms with E-state index in [1.165, 1.54) is 12.3 Å². The minimum atomic E-state index is -0.490. The van der Waals surface area contributed by atoms with E-state index in [2.05, 4.69) is 26.2 Å². The molecule has 0 radical (unpaired) electrons. The third-order valence-electron chi connectivity index (χ3n) is 3.67. The van der Waals surface area contributed by atoms with E-state index < -0.39 is 5.92 Å². The molecular formula is C16H14BrN3O3. The molecule has 2 aromatic rings. The fourth-order valence-electron chi connectivity index (χ4n) is 2.50. The molecule has 0 saturated carbocycles. The van der Waals surface area contributed by atoms with Crippen molar-refractivity contribution in [1.29, 1.82) is 0 Å². The van der Waals surface area contributed by atoms with Crippen LogP contribution in [0.1, 0.15) is 6.42 Å². The molecule has 23 heavy (non-hydrogen) atoms. The Kier molecular flexibility index (Phi) is 4.29. The first-order valence-corrected chi connectivity index (χ1v) is 7.85. The lowest BCUT2D eigenvalue weighted by atomic mass is 10.1. The van der Waals surface area contributed by atoms with Crippen molar-refractivity contribution < 1.29 is 14.7 Å². The van der Waals surface area contributed by atoms with Gasteiger partial charge in [-0.2, -0.15) is 0 Å². The highest BCUT2D eigenvalue weighted by Crippen LogP contribution is 2.32. The molecule has 1 aromatic carbocycles. The normalized spacial score (nSPS) is 17.3. The minimum absolute atomic E-state index is 0.101. The monoisotopic (exact) mass is 375 g/mol. The molecule has 7 heteroatoms. The summed E-state index contributed by atoms with van der Waals surface area (Å²) in [6.07, 6.45) is 1.60. The van der Waals surface area contributed by atoms with Crippen molar-refractivity contribution in [3.63, 3.8) is 0 Å². The zero-order valence-electron chi connectivity index (χ0n) is 12.1. The minimum Gasteiger partial charge on any atom is -0.504 e. The predicted molar refractivity (Wildman–Crippen MR) is 89.1 cm³/mol. The number of nitrogens with zero attached hydrogens (tertiary/aromatic N) is 2. The van der Waals surface area contributed by atoms with Crippen LogP contribution in [-0.4, -0.2) is 28.4 Å². The zero-order chi connectivity index (χ0) is 16.4. The van der Waals surface area contributed by atoms with Gasteiger partial charge in [-0.05, 0) is 40.2 Å². The molecule has 118 valence electrons. The number of carbonyl (C=O) groups is 2. The summed E-state index contributed by atoms with van der Waals surface area (Å²) >= 11 is 3.42. The van der Waals surface area contributed by atoms with Gasteiger partial charge in [-0.15, -0.1) is 0 Å². The number of anilines is 2. The number of carbonyl (C=O) groups excluding carboxylic acids is 2. The standard InChI is InChI=1S/C16H14BrN3O3/c17-11-4-1-2-5-12(11)20-9-10(8-14(20)22)16(23)19-15-13(21)6-3-7-18-15/h1-7,10,21H,8-9H2,(H,18,19,23)/t10-/m0/s1. The molecule has 1 aliphatic rings. The molecule has 0 bridgehead atoms. The van der Waals surface area contributed by atoms with Crippen molar-refractivity contribution in [1.82, 2.24) is 4.98 Å². The summed E-state index contributed by atoms with van der Waals surface area (Å²) < 4.78 is 0.803. The second-order valence-electron chi connectivity index (χ2n) is 5.22. The smallest absolute Gasteiger partial charge is 0.231 e. The maximum atomic E-state index is 12.3.